The normalized spacial score (nSPS) is 24.6. The van der Waals surface area contributed by atoms with Gasteiger partial charge in [-0.15, -0.1) is 0 Å². The fourth-order valence-electron chi connectivity index (χ4n) is 3.85. The molecule has 0 aromatic heterocycles. The summed E-state index contributed by atoms with van der Waals surface area (Å²) < 4.78 is 39.0. The van der Waals surface area contributed by atoms with Gasteiger partial charge in [-0.05, 0) is 62.6 Å². The number of carbonyl (C=O) groups is 1. The molecule has 12 heteroatoms. The molecule has 10 nitrogen and oxygen atoms in total. The molecule has 2 aliphatic heterocycles. The Hall–Kier alpha value is -2.28. The first-order valence-electron chi connectivity index (χ1n) is 10.3. The van der Waals surface area contributed by atoms with Gasteiger partial charge in [0.05, 0.1) is 25.5 Å². The molecule has 0 amide bonds. The number of sulfonamides is 1. The second kappa shape index (κ2) is 8.93. The Kier molecular flexibility index (Phi) is 6.39. The van der Waals surface area contributed by atoms with Gasteiger partial charge >= 0.3 is 5.97 Å². The number of fused-ring (bicyclic) bond motifs is 1. The maximum atomic E-state index is 13.0. The van der Waals surface area contributed by atoms with Gasteiger partial charge in [0.2, 0.25) is 15.1 Å². The predicted molar refractivity (Wildman–Crippen MR) is 120 cm³/mol. The van der Waals surface area contributed by atoms with Crippen LogP contribution in [0.15, 0.2) is 33.9 Å². The van der Waals surface area contributed by atoms with E-state index in [1.807, 2.05) is 6.92 Å². The average Bonchev–Trinajstić information content (AvgIpc) is 3.27. The number of nitrogens with one attached hydrogen (secondary N) is 2. The van der Waals surface area contributed by atoms with Crippen molar-refractivity contribution >= 4 is 38.5 Å². The first kappa shape index (κ1) is 22.9. The molecule has 1 fully saturated rings. The van der Waals surface area contributed by atoms with E-state index < -0.39 is 16.0 Å². The molecule has 0 radical (unpaired) electrons. The average molecular weight is 483 g/mol. The molecule has 3 N–H and O–H groups in total. The summed E-state index contributed by atoms with van der Waals surface area (Å²) in [5.74, 6) is -0.146. The summed E-state index contributed by atoms with van der Waals surface area (Å²) in [5.41, 5.74) is 1.78. The van der Waals surface area contributed by atoms with Gasteiger partial charge in [0.1, 0.15) is 10.6 Å². The van der Waals surface area contributed by atoms with Crippen LogP contribution in [-0.2, 0) is 19.6 Å². The third-order valence-corrected chi connectivity index (χ3v) is 7.97. The predicted octanol–water partition coefficient (Wildman–Crippen LogP) is 1.25. The second-order valence-corrected chi connectivity index (χ2v) is 10.6. The molecule has 3 aliphatic rings. The van der Waals surface area contributed by atoms with Gasteiger partial charge in [0.25, 0.3) is 0 Å². The standard InChI is InChI=1S/C20H26N4O6S2/c1-4-30-19(26)18-23-24-17(11(2)22-20(24)31-18)13-5-6-15(29-3)16(9-13)32(27,28)21-10-12-7-14(25)8-12/h5-6,9,12,14,20-22,25H,4,7-8,10H2,1-3H3. The summed E-state index contributed by atoms with van der Waals surface area (Å²) in [4.78, 5) is 12.1. The van der Waals surface area contributed by atoms with Gasteiger partial charge in [0.15, 0.2) is 5.50 Å². The summed E-state index contributed by atoms with van der Waals surface area (Å²) in [6.45, 7) is 4.11. The Bertz CT molecular complexity index is 1080. The number of rotatable bonds is 8. The Morgan fingerprint density at radius 1 is 1.41 bits per heavy atom. The van der Waals surface area contributed by atoms with Crippen LogP contribution < -0.4 is 14.8 Å². The van der Waals surface area contributed by atoms with Crippen LogP contribution >= 0.6 is 11.8 Å². The zero-order valence-electron chi connectivity index (χ0n) is 18.0. The van der Waals surface area contributed by atoms with Crippen LogP contribution in [0.5, 0.6) is 5.75 Å². The third-order valence-electron chi connectivity index (χ3n) is 5.52. The minimum absolute atomic E-state index is 0.0163. The van der Waals surface area contributed by atoms with Crippen LogP contribution in [0.1, 0.15) is 32.3 Å². The fraction of sp³-hybridized carbons (Fsp3) is 0.500. The Morgan fingerprint density at radius 2 is 2.16 bits per heavy atom. The lowest BCUT2D eigenvalue weighted by atomic mass is 9.83. The molecular weight excluding hydrogens is 456 g/mol. The summed E-state index contributed by atoms with van der Waals surface area (Å²) >= 11 is 1.24. The smallest absolute Gasteiger partial charge is 0.365 e. The summed E-state index contributed by atoms with van der Waals surface area (Å²) in [5, 5.41) is 19.0. The van der Waals surface area contributed by atoms with E-state index in [-0.39, 0.29) is 46.4 Å². The number of hydrogen-bond acceptors (Lipinski definition) is 10. The number of hydrogen-bond donors (Lipinski definition) is 3. The summed E-state index contributed by atoms with van der Waals surface area (Å²) in [7, 11) is -2.43. The molecule has 0 saturated heterocycles. The fourth-order valence-corrected chi connectivity index (χ4v) is 6.15. The number of methoxy groups -OCH3 is 1. The van der Waals surface area contributed by atoms with Gasteiger partial charge < -0.3 is 19.9 Å². The molecule has 0 bridgehead atoms. The quantitative estimate of drug-likeness (QED) is 0.469. The molecule has 32 heavy (non-hydrogen) atoms. The van der Waals surface area contributed by atoms with E-state index in [1.165, 1.54) is 18.9 Å². The molecule has 174 valence electrons. The van der Waals surface area contributed by atoms with Gasteiger partial charge in [0, 0.05) is 17.8 Å². The molecule has 2 heterocycles. The Balaban J connectivity index is 1.62. The Morgan fingerprint density at radius 3 is 2.81 bits per heavy atom. The molecule has 0 spiro atoms. The first-order valence-corrected chi connectivity index (χ1v) is 12.6. The number of ether oxygens (including phenoxy) is 2. The molecule has 1 aromatic rings. The van der Waals surface area contributed by atoms with Crippen LogP contribution in [-0.4, -0.2) is 61.4 Å². The van der Waals surface area contributed by atoms with Crippen molar-refractivity contribution in [2.45, 2.75) is 43.2 Å². The molecule has 1 unspecified atom stereocenters. The van der Waals surface area contributed by atoms with Gasteiger partial charge in [-0.25, -0.2) is 22.9 Å². The lowest BCUT2D eigenvalue weighted by Crippen LogP contribution is -2.38. The Labute approximate surface area is 191 Å². The first-order chi connectivity index (χ1) is 15.2. The van der Waals surface area contributed by atoms with Crippen molar-refractivity contribution in [2.24, 2.45) is 11.0 Å². The van der Waals surface area contributed by atoms with E-state index >= 15 is 0 Å². The van der Waals surface area contributed by atoms with Crippen LogP contribution in [0.3, 0.4) is 0 Å². The van der Waals surface area contributed by atoms with Crippen molar-refractivity contribution in [1.29, 1.82) is 0 Å². The van der Waals surface area contributed by atoms with E-state index in [0.717, 1.165) is 5.70 Å². The minimum atomic E-state index is -3.85. The second-order valence-electron chi connectivity index (χ2n) is 7.77. The number of thioether (sulfide) groups is 1. The molecule has 4 rings (SSSR count). The topological polar surface area (TPSA) is 130 Å². The zero-order valence-corrected chi connectivity index (χ0v) is 19.6. The molecule has 1 aliphatic carbocycles. The van der Waals surface area contributed by atoms with E-state index in [1.54, 1.807) is 30.1 Å². The highest BCUT2D eigenvalue weighted by molar-refractivity contribution is 8.16. The number of aliphatic hydroxyl groups excluding tert-OH is 1. The van der Waals surface area contributed by atoms with Gasteiger partial charge in [-0.3, -0.25) is 0 Å². The SMILES string of the molecule is CCOC(=O)C1=NN2C(c3ccc(OC)c(S(=O)(=O)NCC4CC(O)C4)c3)=C(C)NC2S1. The van der Waals surface area contributed by atoms with E-state index in [2.05, 4.69) is 15.1 Å². The molecule has 1 saturated carbocycles. The van der Waals surface area contributed by atoms with Crippen molar-refractivity contribution < 1.29 is 27.8 Å². The maximum absolute atomic E-state index is 13.0. The molecular formula is C20H26N4O6S2. The van der Waals surface area contributed by atoms with Gasteiger partial charge in [-0.2, -0.15) is 5.10 Å². The highest BCUT2D eigenvalue weighted by atomic mass is 32.2. The number of allylic oxidation sites excluding steroid dienone is 1. The van der Waals surface area contributed by atoms with E-state index in [4.69, 9.17) is 9.47 Å². The number of esters is 1. The van der Waals surface area contributed by atoms with Crippen molar-refractivity contribution in [3.05, 3.63) is 29.5 Å². The van der Waals surface area contributed by atoms with Crippen molar-refractivity contribution in [3.8, 4) is 5.75 Å². The number of aliphatic hydroxyl groups is 1. The van der Waals surface area contributed by atoms with Gasteiger partial charge in [-0.1, -0.05) is 0 Å². The highest BCUT2D eigenvalue weighted by Crippen LogP contribution is 2.40. The lowest BCUT2D eigenvalue weighted by Gasteiger charge is -2.31. The summed E-state index contributed by atoms with van der Waals surface area (Å²) in [6, 6.07) is 4.90. The largest absolute Gasteiger partial charge is 0.495 e. The zero-order chi connectivity index (χ0) is 23.0. The number of benzene rings is 1. The number of hydrazone groups is 1. The van der Waals surface area contributed by atoms with E-state index in [0.29, 0.717) is 24.1 Å². The number of nitrogens with zero attached hydrogens (tertiary/aromatic N) is 2. The van der Waals surface area contributed by atoms with Crippen LogP contribution in [0.2, 0.25) is 0 Å². The van der Waals surface area contributed by atoms with Crippen LogP contribution in [0, 0.1) is 5.92 Å². The molecule has 1 atom stereocenters. The minimum Gasteiger partial charge on any atom is -0.495 e. The highest BCUT2D eigenvalue weighted by Gasteiger charge is 2.40. The lowest BCUT2D eigenvalue weighted by molar-refractivity contribution is -0.134. The van der Waals surface area contributed by atoms with E-state index in [9.17, 15) is 18.3 Å². The third kappa shape index (κ3) is 4.32. The number of carbonyl (C=O) groups excluding carboxylic acids is 1. The van der Waals surface area contributed by atoms with Crippen molar-refractivity contribution in [2.75, 3.05) is 20.3 Å². The summed E-state index contributed by atoms with van der Waals surface area (Å²) in [6.07, 6.45) is 0.830. The van der Waals surface area contributed by atoms with Crippen LogP contribution in [0.4, 0.5) is 0 Å². The van der Waals surface area contributed by atoms with Crippen molar-refractivity contribution in [1.82, 2.24) is 15.0 Å². The molecule has 1 aromatic carbocycles. The monoisotopic (exact) mass is 482 g/mol. The maximum Gasteiger partial charge on any atom is 0.365 e. The van der Waals surface area contributed by atoms with Crippen LogP contribution in [0.25, 0.3) is 5.70 Å². The van der Waals surface area contributed by atoms with Crippen molar-refractivity contribution in [3.63, 3.8) is 0 Å².